The average molecular weight is 191 g/mol. The molecule has 0 fully saturated rings. The Labute approximate surface area is 63.9 Å². The molecule has 1 rings (SSSR count). The van der Waals surface area contributed by atoms with Crippen LogP contribution in [-0.2, 0) is 0 Å². The summed E-state index contributed by atoms with van der Waals surface area (Å²) in [5.74, 6) is 0. The van der Waals surface area contributed by atoms with Crippen LogP contribution in [0.4, 0.5) is 0 Å². The minimum atomic E-state index is -0.229. The van der Waals surface area contributed by atoms with E-state index in [1.54, 1.807) is 0 Å². The Morgan fingerprint density at radius 1 is 1.56 bits per heavy atom. The SMILES string of the molecule is O[C@@H]1CCCCC=C1Br. The molecule has 1 aliphatic carbocycles. The van der Waals surface area contributed by atoms with Crippen molar-refractivity contribution in [1.29, 1.82) is 0 Å². The van der Waals surface area contributed by atoms with Gasteiger partial charge < -0.3 is 5.11 Å². The van der Waals surface area contributed by atoms with E-state index in [2.05, 4.69) is 22.0 Å². The maximum Gasteiger partial charge on any atom is 0.0851 e. The number of allylic oxidation sites excluding steroid dienone is 1. The Kier molecular flexibility index (Phi) is 2.73. The second-order valence-electron chi connectivity index (χ2n) is 2.39. The van der Waals surface area contributed by atoms with Crippen LogP contribution in [-0.4, -0.2) is 11.2 Å². The first kappa shape index (κ1) is 7.29. The Balaban J connectivity index is 2.51. The van der Waals surface area contributed by atoms with Gasteiger partial charge in [0.15, 0.2) is 0 Å². The lowest BCUT2D eigenvalue weighted by molar-refractivity contribution is 0.208. The van der Waals surface area contributed by atoms with Gasteiger partial charge in [-0.25, -0.2) is 0 Å². The van der Waals surface area contributed by atoms with Crippen molar-refractivity contribution in [2.45, 2.75) is 31.8 Å². The fraction of sp³-hybridized carbons (Fsp3) is 0.714. The van der Waals surface area contributed by atoms with Crippen LogP contribution in [0.2, 0.25) is 0 Å². The molecule has 0 spiro atoms. The van der Waals surface area contributed by atoms with Gasteiger partial charge in [0, 0.05) is 4.48 Å². The van der Waals surface area contributed by atoms with Crippen LogP contribution in [0.15, 0.2) is 10.6 Å². The number of hydrogen-bond donors (Lipinski definition) is 1. The molecule has 1 N–H and O–H groups in total. The van der Waals surface area contributed by atoms with Crippen molar-refractivity contribution in [3.05, 3.63) is 10.6 Å². The third kappa shape index (κ3) is 2.11. The lowest BCUT2D eigenvalue weighted by atomic mass is 10.2. The predicted molar refractivity (Wildman–Crippen MR) is 41.5 cm³/mol. The number of hydrogen-bond acceptors (Lipinski definition) is 1. The van der Waals surface area contributed by atoms with Crippen molar-refractivity contribution < 1.29 is 5.11 Å². The first-order valence-electron chi connectivity index (χ1n) is 3.34. The topological polar surface area (TPSA) is 20.2 Å². The highest BCUT2D eigenvalue weighted by molar-refractivity contribution is 9.11. The molecule has 9 heavy (non-hydrogen) atoms. The minimum Gasteiger partial charge on any atom is -0.388 e. The molecule has 1 aliphatic rings. The van der Waals surface area contributed by atoms with E-state index in [0.717, 1.165) is 23.7 Å². The number of aliphatic hydroxyl groups excluding tert-OH is 1. The maximum atomic E-state index is 9.24. The highest BCUT2D eigenvalue weighted by atomic mass is 79.9. The van der Waals surface area contributed by atoms with Crippen LogP contribution in [0.3, 0.4) is 0 Å². The molecule has 0 aromatic rings. The summed E-state index contributed by atoms with van der Waals surface area (Å²) in [5, 5.41) is 9.24. The fourth-order valence-corrected chi connectivity index (χ4v) is 1.45. The van der Waals surface area contributed by atoms with Gasteiger partial charge in [0.2, 0.25) is 0 Å². The normalized spacial score (nSPS) is 29.1. The van der Waals surface area contributed by atoms with Gasteiger partial charge in [0.05, 0.1) is 6.10 Å². The number of aliphatic hydroxyl groups is 1. The van der Waals surface area contributed by atoms with Crippen LogP contribution in [0.25, 0.3) is 0 Å². The summed E-state index contributed by atoms with van der Waals surface area (Å²) in [6.45, 7) is 0. The van der Waals surface area contributed by atoms with E-state index in [4.69, 9.17) is 0 Å². The van der Waals surface area contributed by atoms with Gasteiger partial charge in [0.1, 0.15) is 0 Å². The van der Waals surface area contributed by atoms with E-state index < -0.39 is 0 Å². The Hall–Kier alpha value is 0.180. The summed E-state index contributed by atoms with van der Waals surface area (Å²) < 4.78 is 0.972. The van der Waals surface area contributed by atoms with E-state index in [1.165, 1.54) is 6.42 Å². The van der Waals surface area contributed by atoms with Crippen molar-refractivity contribution in [3.8, 4) is 0 Å². The predicted octanol–water partition coefficient (Wildman–Crippen LogP) is 2.20. The third-order valence-electron chi connectivity index (χ3n) is 1.59. The molecular weight excluding hydrogens is 180 g/mol. The van der Waals surface area contributed by atoms with Crippen molar-refractivity contribution in [3.63, 3.8) is 0 Å². The molecule has 0 saturated heterocycles. The number of rotatable bonds is 0. The molecule has 0 aromatic heterocycles. The van der Waals surface area contributed by atoms with E-state index in [-0.39, 0.29) is 6.10 Å². The standard InChI is InChI=1S/C7H11BrO/c8-6-4-2-1-3-5-7(6)9/h4,7,9H,1-3,5H2/t7-/m1/s1. The zero-order valence-electron chi connectivity index (χ0n) is 5.31. The van der Waals surface area contributed by atoms with Crippen molar-refractivity contribution >= 4 is 15.9 Å². The molecule has 1 nitrogen and oxygen atoms in total. The second-order valence-corrected chi connectivity index (χ2v) is 3.30. The van der Waals surface area contributed by atoms with Crippen LogP contribution in [0, 0.1) is 0 Å². The van der Waals surface area contributed by atoms with Gasteiger partial charge in [-0.15, -0.1) is 0 Å². The Morgan fingerprint density at radius 3 is 3.11 bits per heavy atom. The Morgan fingerprint density at radius 2 is 2.33 bits per heavy atom. The maximum absolute atomic E-state index is 9.24. The fourth-order valence-electron chi connectivity index (χ4n) is 0.996. The first-order chi connectivity index (χ1) is 4.30. The molecule has 0 saturated carbocycles. The largest absolute Gasteiger partial charge is 0.388 e. The highest BCUT2D eigenvalue weighted by Crippen LogP contribution is 2.21. The van der Waals surface area contributed by atoms with E-state index >= 15 is 0 Å². The summed E-state index contributed by atoms with van der Waals surface area (Å²) in [5.41, 5.74) is 0. The summed E-state index contributed by atoms with van der Waals surface area (Å²) in [7, 11) is 0. The van der Waals surface area contributed by atoms with E-state index in [1.807, 2.05) is 0 Å². The average Bonchev–Trinajstić information content (AvgIpc) is 1.99. The molecule has 0 radical (unpaired) electrons. The second kappa shape index (κ2) is 3.37. The van der Waals surface area contributed by atoms with Crippen molar-refractivity contribution in [2.75, 3.05) is 0 Å². The van der Waals surface area contributed by atoms with Gasteiger partial charge >= 0.3 is 0 Å². The molecule has 52 valence electrons. The van der Waals surface area contributed by atoms with E-state index in [9.17, 15) is 5.11 Å². The number of halogens is 1. The molecule has 2 heteroatoms. The summed E-state index contributed by atoms with van der Waals surface area (Å²) in [6.07, 6.45) is 6.22. The smallest absolute Gasteiger partial charge is 0.0851 e. The molecule has 0 aromatic carbocycles. The van der Waals surface area contributed by atoms with Gasteiger partial charge in [-0.05, 0) is 19.3 Å². The van der Waals surface area contributed by atoms with Crippen LogP contribution < -0.4 is 0 Å². The van der Waals surface area contributed by atoms with Gasteiger partial charge in [-0.3, -0.25) is 0 Å². The molecule has 0 aliphatic heterocycles. The molecule has 0 heterocycles. The zero-order chi connectivity index (χ0) is 6.69. The zero-order valence-corrected chi connectivity index (χ0v) is 6.89. The molecule has 1 atom stereocenters. The lowest BCUT2D eigenvalue weighted by Crippen LogP contribution is -2.03. The summed E-state index contributed by atoms with van der Waals surface area (Å²) in [4.78, 5) is 0. The van der Waals surface area contributed by atoms with Crippen molar-refractivity contribution in [1.82, 2.24) is 0 Å². The van der Waals surface area contributed by atoms with Crippen LogP contribution in [0.5, 0.6) is 0 Å². The molecular formula is C7H11BrO. The molecule has 0 unspecified atom stereocenters. The molecule has 0 bridgehead atoms. The third-order valence-corrected chi connectivity index (χ3v) is 2.44. The highest BCUT2D eigenvalue weighted by Gasteiger charge is 2.09. The van der Waals surface area contributed by atoms with Gasteiger partial charge in [-0.1, -0.05) is 28.4 Å². The first-order valence-corrected chi connectivity index (χ1v) is 4.13. The van der Waals surface area contributed by atoms with Crippen molar-refractivity contribution in [2.24, 2.45) is 0 Å². The lowest BCUT2D eigenvalue weighted by Gasteiger charge is -2.04. The quantitative estimate of drug-likeness (QED) is 0.622. The minimum absolute atomic E-state index is 0.229. The van der Waals surface area contributed by atoms with Gasteiger partial charge in [-0.2, -0.15) is 0 Å². The summed E-state index contributed by atoms with van der Waals surface area (Å²) >= 11 is 3.31. The Bertz CT molecular complexity index is 120. The summed E-state index contributed by atoms with van der Waals surface area (Å²) in [6, 6.07) is 0. The van der Waals surface area contributed by atoms with Crippen LogP contribution in [0.1, 0.15) is 25.7 Å². The monoisotopic (exact) mass is 190 g/mol. The van der Waals surface area contributed by atoms with E-state index in [0.29, 0.717) is 0 Å². The van der Waals surface area contributed by atoms with Gasteiger partial charge in [0.25, 0.3) is 0 Å². The molecule has 0 amide bonds. The van der Waals surface area contributed by atoms with Crippen LogP contribution >= 0.6 is 15.9 Å².